The number of ether oxygens (including phenoxy) is 2. The molecular formula is C24H21NO3S. The number of nitrogens with zero attached hydrogens (tertiary/aromatic N) is 1. The normalized spacial score (nSPS) is 17.0. The van der Waals surface area contributed by atoms with Crippen LogP contribution in [0.25, 0.3) is 6.08 Å². The molecule has 0 unspecified atom stereocenters. The third-order valence-electron chi connectivity index (χ3n) is 5.29. The number of aryl methyl sites for hydroxylation is 2. The molecule has 5 rings (SSSR count). The van der Waals surface area contributed by atoms with Crippen LogP contribution in [-0.4, -0.2) is 17.4 Å². The number of Topliss-reactive ketones (excluding diaryl/α,β-unsaturated/α-hetero) is 1. The van der Waals surface area contributed by atoms with Gasteiger partial charge in [0.25, 0.3) is 0 Å². The van der Waals surface area contributed by atoms with Crippen LogP contribution in [0.5, 0.6) is 11.5 Å². The highest BCUT2D eigenvalue weighted by atomic mass is 32.1. The van der Waals surface area contributed by atoms with Crippen molar-refractivity contribution in [3.8, 4) is 11.5 Å². The second-order valence-electron chi connectivity index (χ2n) is 7.57. The van der Waals surface area contributed by atoms with E-state index < -0.39 is 0 Å². The van der Waals surface area contributed by atoms with Crippen LogP contribution in [0, 0.1) is 13.8 Å². The number of thiophene rings is 1. The van der Waals surface area contributed by atoms with Gasteiger partial charge in [0.05, 0.1) is 11.1 Å². The summed E-state index contributed by atoms with van der Waals surface area (Å²) in [4.78, 5) is 16.6. The summed E-state index contributed by atoms with van der Waals surface area (Å²) in [7, 11) is 0. The van der Waals surface area contributed by atoms with Crippen molar-refractivity contribution in [2.24, 2.45) is 0 Å². The number of fused-ring (bicyclic) bond motifs is 3. The standard InChI is InChI=1S/C24H21NO3S/c1-15-5-3-6-17(9-15)11-21-23(26)22-16(2)10-20-19(24(22)28-21)13-25(14-27-20)12-18-7-4-8-29-18/h3-11H,12-14H2,1-2H3/b21-11-. The second kappa shape index (κ2) is 7.17. The zero-order chi connectivity index (χ0) is 20.0. The van der Waals surface area contributed by atoms with Crippen molar-refractivity contribution in [2.45, 2.75) is 26.9 Å². The summed E-state index contributed by atoms with van der Waals surface area (Å²) in [6.07, 6.45) is 1.83. The Morgan fingerprint density at radius 3 is 2.86 bits per heavy atom. The number of allylic oxidation sites excluding steroid dienone is 1. The molecule has 3 aromatic rings. The molecule has 1 aromatic heterocycles. The second-order valence-corrected chi connectivity index (χ2v) is 8.60. The first kappa shape index (κ1) is 18.2. The molecule has 0 spiro atoms. The van der Waals surface area contributed by atoms with E-state index in [0.29, 0.717) is 30.3 Å². The summed E-state index contributed by atoms with van der Waals surface area (Å²) in [6.45, 7) is 6.02. The molecule has 0 saturated heterocycles. The fourth-order valence-corrected chi connectivity index (χ4v) is 4.66. The summed E-state index contributed by atoms with van der Waals surface area (Å²) >= 11 is 1.74. The lowest BCUT2D eigenvalue weighted by atomic mass is 9.98. The number of carbonyl (C=O) groups is 1. The molecule has 0 fully saturated rings. The Kier molecular flexibility index (Phi) is 4.49. The molecule has 4 nitrogen and oxygen atoms in total. The van der Waals surface area contributed by atoms with E-state index in [4.69, 9.17) is 9.47 Å². The van der Waals surface area contributed by atoms with Gasteiger partial charge in [-0.2, -0.15) is 0 Å². The van der Waals surface area contributed by atoms with Crippen molar-refractivity contribution < 1.29 is 14.3 Å². The van der Waals surface area contributed by atoms with Crippen LogP contribution in [0.1, 0.15) is 37.5 Å². The van der Waals surface area contributed by atoms with E-state index in [9.17, 15) is 4.79 Å². The van der Waals surface area contributed by atoms with Gasteiger partial charge in [0.2, 0.25) is 5.78 Å². The fourth-order valence-electron chi connectivity index (χ4n) is 3.91. The van der Waals surface area contributed by atoms with Gasteiger partial charge in [-0.1, -0.05) is 35.9 Å². The molecule has 5 heteroatoms. The molecule has 2 aliphatic heterocycles. The molecule has 146 valence electrons. The van der Waals surface area contributed by atoms with Crippen molar-refractivity contribution in [1.82, 2.24) is 4.90 Å². The maximum atomic E-state index is 13.1. The molecule has 2 aliphatic rings. The Bertz CT molecular complexity index is 1130. The predicted octanol–water partition coefficient (Wildman–Crippen LogP) is 5.33. The first-order valence-corrected chi connectivity index (χ1v) is 10.5. The molecule has 0 amide bonds. The molecular weight excluding hydrogens is 382 g/mol. The highest BCUT2D eigenvalue weighted by molar-refractivity contribution is 7.09. The minimum atomic E-state index is -0.0582. The quantitative estimate of drug-likeness (QED) is 0.554. The average Bonchev–Trinajstić information content (AvgIpc) is 3.31. The van der Waals surface area contributed by atoms with Crippen LogP contribution in [0.3, 0.4) is 0 Å². The highest BCUT2D eigenvalue weighted by Crippen LogP contribution is 2.44. The number of benzene rings is 2. The van der Waals surface area contributed by atoms with Crippen molar-refractivity contribution in [3.63, 3.8) is 0 Å². The lowest BCUT2D eigenvalue weighted by Gasteiger charge is -2.29. The Hall–Kier alpha value is -2.89. The molecule has 0 saturated carbocycles. The Morgan fingerprint density at radius 2 is 2.07 bits per heavy atom. The summed E-state index contributed by atoms with van der Waals surface area (Å²) in [5, 5.41) is 2.08. The first-order chi connectivity index (χ1) is 14.1. The monoisotopic (exact) mass is 403 g/mol. The largest absolute Gasteiger partial charge is 0.478 e. The summed E-state index contributed by atoms with van der Waals surface area (Å²) in [5.41, 5.74) is 4.61. The molecule has 29 heavy (non-hydrogen) atoms. The third kappa shape index (κ3) is 3.37. The van der Waals surface area contributed by atoms with E-state index in [0.717, 1.165) is 34.5 Å². The molecule has 0 bridgehead atoms. The van der Waals surface area contributed by atoms with Crippen LogP contribution in [0.15, 0.2) is 53.6 Å². The minimum Gasteiger partial charge on any atom is -0.478 e. The number of hydrogen-bond acceptors (Lipinski definition) is 5. The van der Waals surface area contributed by atoms with Gasteiger partial charge in [-0.15, -0.1) is 11.3 Å². The topological polar surface area (TPSA) is 38.8 Å². The van der Waals surface area contributed by atoms with Crippen LogP contribution < -0.4 is 9.47 Å². The molecule has 3 heterocycles. The predicted molar refractivity (Wildman–Crippen MR) is 114 cm³/mol. The van der Waals surface area contributed by atoms with Gasteiger partial charge >= 0.3 is 0 Å². The average molecular weight is 404 g/mol. The van der Waals surface area contributed by atoms with E-state index >= 15 is 0 Å². The first-order valence-electron chi connectivity index (χ1n) is 9.63. The van der Waals surface area contributed by atoms with Crippen molar-refractivity contribution >= 4 is 23.2 Å². The fraction of sp³-hybridized carbons (Fsp3) is 0.208. The van der Waals surface area contributed by atoms with E-state index in [1.54, 1.807) is 11.3 Å². The van der Waals surface area contributed by atoms with Gasteiger partial charge in [-0.3, -0.25) is 9.69 Å². The van der Waals surface area contributed by atoms with Crippen LogP contribution in [0.2, 0.25) is 0 Å². The summed E-state index contributed by atoms with van der Waals surface area (Å²) < 4.78 is 12.1. The SMILES string of the molecule is Cc1cccc(/C=C2\Oc3c4c(cc(C)c3C2=O)OCN(Cc2cccs2)C4)c1. The van der Waals surface area contributed by atoms with E-state index in [-0.39, 0.29) is 5.78 Å². The Labute approximate surface area is 174 Å². The van der Waals surface area contributed by atoms with E-state index in [1.165, 1.54) is 4.88 Å². The van der Waals surface area contributed by atoms with Gasteiger partial charge < -0.3 is 9.47 Å². The lowest BCUT2D eigenvalue weighted by molar-refractivity contribution is 0.0881. The maximum absolute atomic E-state index is 13.1. The minimum absolute atomic E-state index is 0.0582. The number of carbonyl (C=O) groups excluding carboxylic acids is 1. The molecule has 0 atom stereocenters. The smallest absolute Gasteiger partial charge is 0.232 e. The zero-order valence-electron chi connectivity index (χ0n) is 16.4. The van der Waals surface area contributed by atoms with Gasteiger partial charge in [-0.05, 0) is 48.6 Å². The highest BCUT2D eigenvalue weighted by Gasteiger charge is 2.35. The van der Waals surface area contributed by atoms with Gasteiger partial charge in [0.1, 0.15) is 18.2 Å². The zero-order valence-corrected chi connectivity index (χ0v) is 17.2. The summed E-state index contributed by atoms with van der Waals surface area (Å²) in [5.74, 6) is 1.78. The van der Waals surface area contributed by atoms with Crippen molar-refractivity contribution in [1.29, 1.82) is 0 Å². The Balaban J connectivity index is 1.49. The molecule has 0 aliphatic carbocycles. The number of rotatable bonds is 3. The molecule has 0 N–H and O–H groups in total. The van der Waals surface area contributed by atoms with E-state index in [1.807, 2.05) is 50.3 Å². The lowest BCUT2D eigenvalue weighted by Crippen LogP contribution is -2.31. The number of hydrogen-bond donors (Lipinski definition) is 0. The van der Waals surface area contributed by atoms with Crippen molar-refractivity contribution in [2.75, 3.05) is 6.73 Å². The van der Waals surface area contributed by atoms with Crippen LogP contribution >= 0.6 is 11.3 Å². The van der Waals surface area contributed by atoms with E-state index in [2.05, 4.69) is 22.4 Å². The Morgan fingerprint density at radius 1 is 1.17 bits per heavy atom. The number of ketones is 1. The molecule has 2 aromatic carbocycles. The van der Waals surface area contributed by atoms with Gasteiger partial charge in [0.15, 0.2) is 5.76 Å². The van der Waals surface area contributed by atoms with Crippen LogP contribution in [0.4, 0.5) is 0 Å². The van der Waals surface area contributed by atoms with Gasteiger partial charge in [0, 0.05) is 18.0 Å². The summed E-state index contributed by atoms with van der Waals surface area (Å²) in [6, 6.07) is 14.2. The van der Waals surface area contributed by atoms with Gasteiger partial charge in [-0.25, -0.2) is 0 Å². The van der Waals surface area contributed by atoms with Crippen molar-refractivity contribution in [3.05, 3.63) is 86.3 Å². The van der Waals surface area contributed by atoms with Crippen LogP contribution in [-0.2, 0) is 13.1 Å². The molecule has 0 radical (unpaired) electrons. The third-order valence-corrected chi connectivity index (χ3v) is 6.15. The maximum Gasteiger partial charge on any atom is 0.232 e.